The molecular weight excluding hydrogens is 178 g/mol. The monoisotopic (exact) mass is 199 g/mol. The molecule has 1 rings (SSSR count). The Morgan fingerprint density at radius 1 is 1.57 bits per heavy atom. The average molecular weight is 199 g/mol. The minimum absolute atomic E-state index is 0.0356. The lowest BCUT2D eigenvalue weighted by atomic mass is 9.91. The van der Waals surface area contributed by atoms with Crippen LogP contribution in [0.4, 0.5) is 0 Å². The Morgan fingerprint density at radius 3 is 2.86 bits per heavy atom. The highest BCUT2D eigenvalue weighted by Gasteiger charge is 2.22. The lowest BCUT2D eigenvalue weighted by molar-refractivity contribution is -0.123. The van der Waals surface area contributed by atoms with Gasteiger partial charge in [0.25, 0.3) is 0 Å². The summed E-state index contributed by atoms with van der Waals surface area (Å²) < 4.78 is 0. The van der Waals surface area contributed by atoms with E-state index >= 15 is 0 Å². The topological polar surface area (TPSA) is 81.1 Å². The Labute approximate surface area is 85.4 Å². The van der Waals surface area contributed by atoms with Gasteiger partial charge in [0.15, 0.2) is 0 Å². The summed E-state index contributed by atoms with van der Waals surface area (Å²) in [5.41, 5.74) is 11.5. The molecule has 0 heterocycles. The van der Waals surface area contributed by atoms with Gasteiger partial charge in [-0.25, -0.2) is 0 Å². The zero-order chi connectivity index (χ0) is 10.6. The molecule has 5 N–H and O–H groups in total. The summed E-state index contributed by atoms with van der Waals surface area (Å²) in [6, 6.07) is 0.115. The molecule has 4 nitrogen and oxygen atoms in total. The third-order valence-electron chi connectivity index (χ3n) is 2.84. The smallest absolute Gasteiger partial charge is 0.237 e. The van der Waals surface area contributed by atoms with Crippen LogP contribution in [0.5, 0.6) is 0 Å². The molecule has 14 heavy (non-hydrogen) atoms. The minimum atomic E-state index is -0.367. The van der Waals surface area contributed by atoms with Crippen molar-refractivity contribution < 1.29 is 4.79 Å². The Balaban J connectivity index is 2.32. The van der Waals surface area contributed by atoms with E-state index in [1.165, 1.54) is 0 Å². The molecule has 4 heteroatoms. The van der Waals surface area contributed by atoms with Gasteiger partial charge in [0.1, 0.15) is 0 Å². The van der Waals surface area contributed by atoms with Gasteiger partial charge in [0.05, 0.1) is 6.04 Å². The van der Waals surface area contributed by atoms with Crippen molar-refractivity contribution >= 4 is 5.91 Å². The number of amides is 1. The maximum absolute atomic E-state index is 11.5. The fourth-order valence-electron chi connectivity index (χ4n) is 1.85. The number of carbonyl (C=O) groups excluding carboxylic acids is 1. The van der Waals surface area contributed by atoms with Crippen LogP contribution in [0.1, 0.15) is 39.0 Å². The van der Waals surface area contributed by atoms with Crippen LogP contribution in [0.15, 0.2) is 0 Å². The third-order valence-corrected chi connectivity index (χ3v) is 2.84. The predicted molar refractivity (Wildman–Crippen MR) is 56.6 cm³/mol. The molecule has 1 aliphatic rings. The summed E-state index contributed by atoms with van der Waals surface area (Å²) in [6.07, 6.45) is 4.79. The first kappa shape index (κ1) is 11.5. The van der Waals surface area contributed by atoms with Crippen LogP contribution in [-0.2, 0) is 4.79 Å². The highest BCUT2D eigenvalue weighted by molar-refractivity contribution is 5.81. The van der Waals surface area contributed by atoms with Crippen LogP contribution in [0.2, 0.25) is 0 Å². The van der Waals surface area contributed by atoms with Crippen LogP contribution in [-0.4, -0.2) is 24.0 Å². The van der Waals surface area contributed by atoms with Crippen molar-refractivity contribution in [1.29, 1.82) is 0 Å². The quantitative estimate of drug-likeness (QED) is 0.603. The Hall–Kier alpha value is -0.610. The van der Waals surface area contributed by atoms with Crippen molar-refractivity contribution in [1.82, 2.24) is 5.32 Å². The zero-order valence-corrected chi connectivity index (χ0v) is 8.83. The van der Waals surface area contributed by atoms with E-state index in [4.69, 9.17) is 11.5 Å². The van der Waals surface area contributed by atoms with Crippen LogP contribution in [0.25, 0.3) is 0 Å². The van der Waals surface area contributed by atoms with Gasteiger partial charge in [0, 0.05) is 12.1 Å². The van der Waals surface area contributed by atoms with Crippen molar-refractivity contribution in [2.45, 2.75) is 57.2 Å². The first-order valence-corrected chi connectivity index (χ1v) is 5.45. The second kappa shape index (κ2) is 5.32. The van der Waals surface area contributed by atoms with E-state index < -0.39 is 0 Å². The molecule has 1 amide bonds. The summed E-state index contributed by atoms with van der Waals surface area (Å²) in [6.45, 7) is 1.91. The fraction of sp³-hybridized carbons (Fsp3) is 0.900. The van der Waals surface area contributed by atoms with Gasteiger partial charge in [-0.15, -0.1) is 0 Å². The highest BCUT2D eigenvalue weighted by Crippen LogP contribution is 2.16. The van der Waals surface area contributed by atoms with Gasteiger partial charge >= 0.3 is 0 Å². The lowest BCUT2D eigenvalue weighted by Gasteiger charge is -2.28. The molecule has 2 unspecified atom stereocenters. The highest BCUT2D eigenvalue weighted by atomic mass is 16.2. The molecule has 0 aliphatic heterocycles. The van der Waals surface area contributed by atoms with E-state index in [9.17, 15) is 4.79 Å². The van der Waals surface area contributed by atoms with Crippen molar-refractivity contribution in [2.75, 3.05) is 0 Å². The summed E-state index contributed by atoms with van der Waals surface area (Å²) in [5.74, 6) is -0.0356. The SMILES string of the molecule is CC[C@@H](N)C(=O)NC1CCCC(N)C1. The molecule has 1 aliphatic carbocycles. The van der Waals surface area contributed by atoms with Gasteiger partial charge in [-0.3, -0.25) is 4.79 Å². The summed E-state index contributed by atoms with van der Waals surface area (Å²) in [4.78, 5) is 11.5. The average Bonchev–Trinajstić information content (AvgIpc) is 2.16. The Morgan fingerprint density at radius 2 is 2.29 bits per heavy atom. The van der Waals surface area contributed by atoms with Crippen LogP contribution in [0.3, 0.4) is 0 Å². The molecule has 1 saturated carbocycles. The second-order valence-corrected chi connectivity index (χ2v) is 4.15. The Kier molecular flexibility index (Phi) is 4.35. The van der Waals surface area contributed by atoms with Crippen LogP contribution in [0, 0.1) is 0 Å². The number of hydrogen-bond acceptors (Lipinski definition) is 3. The lowest BCUT2D eigenvalue weighted by Crippen LogP contribution is -2.48. The van der Waals surface area contributed by atoms with E-state index in [1.807, 2.05) is 6.92 Å². The first-order valence-electron chi connectivity index (χ1n) is 5.45. The molecule has 82 valence electrons. The van der Waals surface area contributed by atoms with Crippen LogP contribution < -0.4 is 16.8 Å². The van der Waals surface area contributed by atoms with E-state index in [0.717, 1.165) is 25.7 Å². The standard InChI is InChI=1S/C10H21N3O/c1-2-9(12)10(14)13-8-5-3-4-7(11)6-8/h7-9H,2-6,11-12H2,1H3,(H,13,14)/t7?,8?,9-/m1/s1. The molecule has 0 radical (unpaired) electrons. The van der Waals surface area contributed by atoms with E-state index in [-0.39, 0.29) is 24.0 Å². The maximum Gasteiger partial charge on any atom is 0.237 e. The van der Waals surface area contributed by atoms with Crippen molar-refractivity contribution in [3.05, 3.63) is 0 Å². The molecule has 0 aromatic heterocycles. The molecule has 0 spiro atoms. The largest absolute Gasteiger partial charge is 0.352 e. The minimum Gasteiger partial charge on any atom is -0.352 e. The maximum atomic E-state index is 11.5. The number of rotatable bonds is 3. The third kappa shape index (κ3) is 3.27. The normalized spacial score (nSPS) is 29.6. The second-order valence-electron chi connectivity index (χ2n) is 4.15. The number of carbonyl (C=O) groups is 1. The van der Waals surface area contributed by atoms with Crippen molar-refractivity contribution in [3.63, 3.8) is 0 Å². The van der Waals surface area contributed by atoms with E-state index in [2.05, 4.69) is 5.32 Å². The number of hydrogen-bond donors (Lipinski definition) is 3. The zero-order valence-electron chi connectivity index (χ0n) is 8.83. The molecule has 0 aromatic rings. The predicted octanol–water partition coefficient (Wildman–Crippen LogP) is 0.110. The number of nitrogens with one attached hydrogen (secondary N) is 1. The van der Waals surface area contributed by atoms with Crippen molar-refractivity contribution in [2.24, 2.45) is 11.5 Å². The van der Waals surface area contributed by atoms with Crippen LogP contribution >= 0.6 is 0 Å². The molecular formula is C10H21N3O. The van der Waals surface area contributed by atoms with Gasteiger partial charge in [-0.1, -0.05) is 6.92 Å². The summed E-state index contributed by atoms with van der Waals surface area (Å²) in [7, 11) is 0. The fourth-order valence-corrected chi connectivity index (χ4v) is 1.85. The molecule has 1 fully saturated rings. The summed E-state index contributed by atoms with van der Waals surface area (Å²) >= 11 is 0. The van der Waals surface area contributed by atoms with Gasteiger partial charge in [0.2, 0.25) is 5.91 Å². The van der Waals surface area contributed by atoms with Gasteiger partial charge in [-0.2, -0.15) is 0 Å². The Bertz CT molecular complexity index is 196. The van der Waals surface area contributed by atoms with E-state index in [1.54, 1.807) is 0 Å². The van der Waals surface area contributed by atoms with E-state index in [0.29, 0.717) is 6.42 Å². The summed E-state index contributed by atoms with van der Waals surface area (Å²) in [5, 5.41) is 2.96. The molecule has 0 saturated heterocycles. The van der Waals surface area contributed by atoms with Crippen molar-refractivity contribution in [3.8, 4) is 0 Å². The molecule has 0 bridgehead atoms. The van der Waals surface area contributed by atoms with Gasteiger partial charge < -0.3 is 16.8 Å². The first-order chi connectivity index (χ1) is 6.63. The van der Waals surface area contributed by atoms with Gasteiger partial charge in [-0.05, 0) is 32.1 Å². The number of nitrogens with two attached hydrogens (primary N) is 2. The molecule has 3 atom stereocenters. The molecule has 0 aromatic carbocycles.